The number of aromatic nitrogens is 2. The number of aryl methyl sites for hydroxylation is 1. The summed E-state index contributed by atoms with van der Waals surface area (Å²) >= 11 is 5.84. The molecule has 1 aromatic carbocycles. The van der Waals surface area contributed by atoms with Crippen LogP contribution in [0.3, 0.4) is 0 Å². The molecule has 2 aromatic rings. The van der Waals surface area contributed by atoms with Crippen LogP contribution in [0.5, 0.6) is 5.75 Å². The van der Waals surface area contributed by atoms with Crippen LogP contribution in [-0.4, -0.2) is 15.1 Å². The van der Waals surface area contributed by atoms with Crippen molar-refractivity contribution in [1.29, 1.82) is 0 Å². The molecule has 0 bridgehead atoms. The quantitative estimate of drug-likeness (QED) is 0.862. The van der Waals surface area contributed by atoms with Crippen molar-refractivity contribution in [3.8, 4) is 5.75 Å². The molecule has 0 aliphatic rings. The summed E-state index contributed by atoms with van der Waals surface area (Å²) in [5.41, 5.74) is 1.53. The minimum Gasteiger partial charge on any atom is -0.485 e. The van der Waals surface area contributed by atoms with Gasteiger partial charge in [-0.05, 0) is 19.1 Å². The lowest BCUT2D eigenvalue weighted by Gasteiger charge is -2.09. The van der Waals surface area contributed by atoms with Crippen molar-refractivity contribution in [3.63, 3.8) is 0 Å². The Kier molecular flexibility index (Phi) is 4.12. The number of ether oxygens (including phenoxy) is 1. The molecule has 0 aliphatic heterocycles. The summed E-state index contributed by atoms with van der Waals surface area (Å²) in [5.74, 6) is 1.15. The molecule has 2 rings (SSSR count). The lowest BCUT2D eigenvalue weighted by Crippen LogP contribution is -2.04. The standard InChI is InChI=1S/C13H13ClN2O2/c1-9-6-12(14)16-13(15-9)8-18-11-5-3-2-4-10(11)7-17/h2-6,17H,7-8H2,1H3. The van der Waals surface area contributed by atoms with Crippen LogP contribution in [0, 0.1) is 6.92 Å². The largest absolute Gasteiger partial charge is 0.485 e. The number of rotatable bonds is 4. The molecule has 0 unspecified atom stereocenters. The highest BCUT2D eigenvalue weighted by atomic mass is 35.5. The number of aliphatic hydroxyl groups excluding tert-OH is 1. The van der Waals surface area contributed by atoms with E-state index in [1.165, 1.54) is 0 Å². The molecular formula is C13H13ClN2O2. The maximum atomic E-state index is 9.17. The van der Waals surface area contributed by atoms with E-state index in [9.17, 15) is 5.11 Å². The first-order valence-corrected chi connectivity index (χ1v) is 5.88. The Hall–Kier alpha value is -1.65. The van der Waals surface area contributed by atoms with Gasteiger partial charge in [-0.2, -0.15) is 0 Å². The Morgan fingerprint density at radius 3 is 2.78 bits per heavy atom. The summed E-state index contributed by atoms with van der Waals surface area (Å²) in [6.07, 6.45) is 0. The summed E-state index contributed by atoms with van der Waals surface area (Å²) in [4.78, 5) is 8.29. The van der Waals surface area contributed by atoms with Crippen LogP contribution in [0.15, 0.2) is 30.3 Å². The normalized spacial score (nSPS) is 10.4. The molecule has 0 saturated heterocycles. The molecule has 5 heteroatoms. The minimum atomic E-state index is -0.0639. The smallest absolute Gasteiger partial charge is 0.167 e. The van der Waals surface area contributed by atoms with Crippen LogP contribution in [0.25, 0.3) is 0 Å². The van der Waals surface area contributed by atoms with E-state index in [4.69, 9.17) is 16.3 Å². The van der Waals surface area contributed by atoms with Crippen LogP contribution in [0.4, 0.5) is 0 Å². The first kappa shape index (κ1) is 12.8. The number of para-hydroxylation sites is 1. The number of benzene rings is 1. The fourth-order valence-electron chi connectivity index (χ4n) is 1.57. The summed E-state index contributed by atoms with van der Waals surface area (Å²) in [6.45, 7) is 2.00. The van der Waals surface area contributed by atoms with Gasteiger partial charge < -0.3 is 9.84 Å². The van der Waals surface area contributed by atoms with E-state index in [1.807, 2.05) is 19.1 Å². The zero-order valence-electron chi connectivity index (χ0n) is 9.93. The second-order valence-electron chi connectivity index (χ2n) is 3.80. The maximum absolute atomic E-state index is 9.17. The van der Waals surface area contributed by atoms with Gasteiger partial charge in [0.2, 0.25) is 0 Å². The average Bonchev–Trinajstić information content (AvgIpc) is 2.35. The van der Waals surface area contributed by atoms with Gasteiger partial charge in [-0.15, -0.1) is 0 Å². The van der Waals surface area contributed by atoms with Crippen LogP contribution in [0.1, 0.15) is 17.1 Å². The lowest BCUT2D eigenvalue weighted by atomic mass is 10.2. The van der Waals surface area contributed by atoms with Crippen LogP contribution < -0.4 is 4.74 Å². The van der Waals surface area contributed by atoms with Gasteiger partial charge in [-0.3, -0.25) is 0 Å². The summed E-state index contributed by atoms with van der Waals surface area (Å²) in [7, 11) is 0. The van der Waals surface area contributed by atoms with Crippen molar-refractivity contribution in [3.05, 3.63) is 52.6 Å². The Balaban J connectivity index is 2.11. The highest BCUT2D eigenvalue weighted by Crippen LogP contribution is 2.18. The van der Waals surface area contributed by atoms with E-state index >= 15 is 0 Å². The molecule has 1 N–H and O–H groups in total. The molecule has 94 valence electrons. The van der Waals surface area contributed by atoms with Crippen LogP contribution in [-0.2, 0) is 13.2 Å². The molecule has 0 saturated carbocycles. The maximum Gasteiger partial charge on any atom is 0.167 e. The fraction of sp³-hybridized carbons (Fsp3) is 0.231. The molecule has 0 spiro atoms. The van der Waals surface area contributed by atoms with Gasteiger partial charge in [0.15, 0.2) is 5.82 Å². The second-order valence-corrected chi connectivity index (χ2v) is 4.19. The van der Waals surface area contributed by atoms with Crippen LogP contribution >= 0.6 is 11.6 Å². The van der Waals surface area contributed by atoms with Gasteiger partial charge in [0.05, 0.1) is 6.61 Å². The fourth-order valence-corrected chi connectivity index (χ4v) is 1.83. The Bertz CT molecular complexity index is 526. The third-order valence-corrected chi connectivity index (χ3v) is 2.56. The molecule has 18 heavy (non-hydrogen) atoms. The molecular weight excluding hydrogens is 252 g/mol. The molecule has 0 aliphatic carbocycles. The van der Waals surface area contributed by atoms with E-state index < -0.39 is 0 Å². The van der Waals surface area contributed by atoms with E-state index in [-0.39, 0.29) is 13.2 Å². The minimum absolute atomic E-state index is 0.0639. The van der Waals surface area contributed by atoms with Crippen molar-refractivity contribution in [2.24, 2.45) is 0 Å². The summed E-state index contributed by atoms with van der Waals surface area (Å²) in [6, 6.07) is 8.98. The van der Waals surface area contributed by atoms with E-state index in [0.717, 1.165) is 11.3 Å². The number of hydrogen-bond acceptors (Lipinski definition) is 4. The number of nitrogens with zero attached hydrogens (tertiary/aromatic N) is 2. The zero-order valence-corrected chi connectivity index (χ0v) is 10.7. The number of aliphatic hydroxyl groups is 1. The van der Waals surface area contributed by atoms with Crippen molar-refractivity contribution in [2.45, 2.75) is 20.1 Å². The molecule has 0 fully saturated rings. The lowest BCUT2D eigenvalue weighted by molar-refractivity contribution is 0.255. The second kappa shape index (κ2) is 5.80. The van der Waals surface area contributed by atoms with Gasteiger partial charge in [-0.1, -0.05) is 29.8 Å². The molecule has 0 amide bonds. The Labute approximate surface area is 110 Å². The Morgan fingerprint density at radius 1 is 1.28 bits per heavy atom. The number of halogens is 1. The van der Waals surface area contributed by atoms with Crippen molar-refractivity contribution < 1.29 is 9.84 Å². The van der Waals surface area contributed by atoms with Gasteiger partial charge in [-0.25, -0.2) is 9.97 Å². The predicted molar refractivity (Wildman–Crippen MR) is 68.5 cm³/mol. The first-order chi connectivity index (χ1) is 8.69. The number of hydrogen-bond donors (Lipinski definition) is 1. The van der Waals surface area contributed by atoms with Crippen LogP contribution in [0.2, 0.25) is 5.15 Å². The first-order valence-electron chi connectivity index (χ1n) is 5.50. The summed E-state index contributed by atoms with van der Waals surface area (Å²) < 4.78 is 5.58. The van der Waals surface area contributed by atoms with Crippen molar-refractivity contribution in [1.82, 2.24) is 9.97 Å². The molecule has 4 nitrogen and oxygen atoms in total. The van der Waals surface area contributed by atoms with E-state index in [0.29, 0.717) is 16.7 Å². The van der Waals surface area contributed by atoms with Crippen molar-refractivity contribution >= 4 is 11.6 Å². The Morgan fingerprint density at radius 2 is 2.06 bits per heavy atom. The molecule has 0 atom stereocenters. The third-order valence-electron chi connectivity index (χ3n) is 2.37. The average molecular weight is 265 g/mol. The van der Waals surface area contributed by atoms with Gasteiger partial charge in [0.25, 0.3) is 0 Å². The highest BCUT2D eigenvalue weighted by Gasteiger charge is 2.05. The monoisotopic (exact) mass is 264 g/mol. The molecule has 1 aromatic heterocycles. The summed E-state index contributed by atoms with van der Waals surface area (Å²) in [5, 5.41) is 9.57. The van der Waals surface area contributed by atoms with E-state index in [1.54, 1.807) is 18.2 Å². The zero-order chi connectivity index (χ0) is 13.0. The molecule has 1 heterocycles. The van der Waals surface area contributed by atoms with Gasteiger partial charge in [0, 0.05) is 11.3 Å². The van der Waals surface area contributed by atoms with Gasteiger partial charge >= 0.3 is 0 Å². The topological polar surface area (TPSA) is 55.2 Å². The molecule has 0 radical (unpaired) electrons. The van der Waals surface area contributed by atoms with Crippen molar-refractivity contribution in [2.75, 3.05) is 0 Å². The highest BCUT2D eigenvalue weighted by molar-refractivity contribution is 6.29. The third kappa shape index (κ3) is 3.18. The van der Waals surface area contributed by atoms with Gasteiger partial charge in [0.1, 0.15) is 17.5 Å². The SMILES string of the molecule is Cc1cc(Cl)nc(COc2ccccc2CO)n1. The van der Waals surface area contributed by atoms with E-state index in [2.05, 4.69) is 9.97 Å². The predicted octanol–water partition coefficient (Wildman–Crippen LogP) is 2.51.